The van der Waals surface area contributed by atoms with E-state index >= 15 is 0 Å². The SMILES string of the molecule is COc1cc(C=NNC(=O)OC(C)(C)C)ccc1OC(=O)c1ccc2c(c1)OCO2. The molecule has 0 aromatic heterocycles. The number of benzene rings is 2. The number of methoxy groups -OCH3 is 1. The third-order valence-electron chi connectivity index (χ3n) is 3.77. The molecular formula is C21H22N2O7. The molecule has 9 nitrogen and oxygen atoms in total. The van der Waals surface area contributed by atoms with Gasteiger partial charge in [0.1, 0.15) is 5.60 Å². The minimum Gasteiger partial charge on any atom is -0.493 e. The molecule has 0 atom stereocenters. The summed E-state index contributed by atoms with van der Waals surface area (Å²) in [5.41, 5.74) is 2.59. The summed E-state index contributed by atoms with van der Waals surface area (Å²) in [6.07, 6.45) is 0.746. The van der Waals surface area contributed by atoms with E-state index in [1.807, 2.05) is 0 Å². The molecular weight excluding hydrogens is 392 g/mol. The molecule has 30 heavy (non-hydrogen) atoms. The van der Waals surface area contributed by atoms with Crippen LogP contribution in [0.3, 0.4) is 0 Å². The Hall–Kier alpha value is -3.75. The molecule has 0 saturated heterocycles. The van der Waals surface area contributed by atoms with Crippen molar-refractivity contribution in [3.8, 4) is 23.0 Å². The number of nitrogens with zero attached hydrogens (tertiary/aromatic N) is 1. The molecule has 0 saturated carbocycles. The van der Waals surface area contributed by atoms with Gasteiger partial charge in [-0.2, -0.15) is 5.10 Å². The van der Waals surface area contributed by atoms with Gasteiger partial charge in [-0.1, -0.05) is 0 Å². The van der Waals surface area contributed by atoms with Gasteiger partial charge in [0.25, 0.3) is 0 Å². The van der Waals surface area contributed by atoms with Crippen molar-refractivity contribution in [1.82, 2.24) is 5.43 Å². The quantitative estimate of drug-likeness (QED) is 0.345. The summed E-state index contributed by atoms with van der Waals surface area (Å²) >= 11 is 0. The average molecular weight is 414 g/mol. The normalized spacial score (nSPS) is 12.5. The summed E-state index contributed by atoms with van der Waals surface area (Å²) < 4.78 is 26.3. The van der Waals surface area contributed by atoms with Crippen molar-refractivity contribution in [2.75, 3.05) is 13.9 Å². The standard InChI is InChI=1S/C21H22N2O7/c1-21(2,3)30-20(25)23-22-11-13-5-7-16(17(9-13)26-4)29-19(24)14-6-8-15-18(10-14)28-12-27-15/h5-11H,12H2,1-4H3,(H,23,25). The van der Waals surface area contributed by atoms with Gasteiger partial charge in [0, 0.05) is 0 Å². The molecule has 1 aliphatic rings. The first-order chi connectivity index (χ1) is 14.2. The number of ether oxygens (including phenoxy) is 5. The minimum atomic E-state index is -0.667. The lowest BCUT2D eigenvalue weighted by Gasteiger charge is -2.18. The lowest BCUT2D eigenvalue weighted by atomic mass is 10.2. The van der Waals surface area contributed by atoms with E-state index in [-0.39, 0.29) is 12.5 Å². The molecule has 1 N–H and O–H groups in total. The summed E-state index contributed by atoms with van der Waals surface area (Å²) in [6.45, 7) is 5.38. The highest BCUT2D eigenvalue weighted by Gasteiger charge is 2.19. The number of fused-ring (bicyclic) bond motifs is 1. The maximum atomic E-state index is 12.5. The highest BCUT2D eigenvalue weighted by atomic mass is 16.7. The third kappa shape index (κ3) is 5.40. The van der Waals surface area contributed by atoms with Gasteiger partial charge in [-0.15, -0.1) is 0 Å². The first-order valence-corrected chi connectivity index (χ1v) is 9.07. The lowest BCUT2D eigenvalue weighted by molar-refractivity contribution is 0.0529. The van der Waals surface area contributed by atoms with Crippen molar-refractivity contribution in [3.05, 3.63) is 47.5 Å². The molecule has 2 aromatic carbocycles. The van der Waals surface area contributed by atoms with Gasteiger partial charge in [0.05, 0.1) is 18.9 Å². The Morgan fingerprint density at radius 1 is 1.07 bits per heavy atom. The van der Waals surface area contributed by atoms with E-state index in [2.05, 4.69) is 10.5 Å². The Labute approximate surface area is 173 Å². The van der Waals surface area contributed by atoms with Crippen molar-refractivity contribution < 1.29 is 33.3 Å². The highest BCUT2D eigenvalue weighted by Crippen LogP contribution is 2.33. The Balaban J connectivity index is 1.66. The summed E-state index contributed by atoms with van der Waals surface area (Å²) in [6, 6.07) is 9.63. The molecule has 0 unspecified atom stereocenters. The number of hydrogen-bond donors (Lipinski definition) is 1. The van der Waals surface area contributed by atoms with Crippen LogP contribution in [-0.2, 0) is 4.74 Å². The zero-order chi connectivity index (χ0) is 21.7. The Kier molecular flexibility index (Phi) is 6.10. The molecule has 0 radical (unpaired) electrons. The fraction of sp³-hybridized carbons (Fsp3) is 0.286. The maximum absolute atomic E-state index is 12.5. The first-order valence-electron chi connectivity index (χ1n) is 9.07. The second kappa shape index (κ2) is 8.73. The Morgan fingerprint density at radius 2 is 1.83 bits per heavy atom. The minimum absolute atomic E-state index is 0.119. The van der Waals surface area contributed by atoms with E-state index in [0.29, 0.717) is 28.4 Å². The van der Waals surface area contributed by atoms with E-state index < -0.39 is 17.7 Å². The fourth-order valence-corrected chi connectivity index (χ4v) is 2.49. The van der Waals surface area contributed by atoms with Crippen LogP contribution in [-0.4, -0.2) is 37.8 Å². The second-order valence-corrected chi connectivity index (χ2v) is 7.24. The van der Waals surface area contributed by atoms with Gasteiger partial charge in [-0.05, 0) is 62.7 Å². The monoisotopic (exact) mass is 414 g/mol. The number of carbonyl (C=O) groups is 2. The number of amides is 1. The van der Waals surface area contributed by atoms with Crippen LogP contribution in [0.1, 0.15) is 36.7 Å². The number of hydrazone groups is 1. The highest BCUT2D eigenvalue weighted by molar-refractivity contribution is 5.92. The predicted octanol–water partition coefficient (Wildman–Crippen LogP) is 3.50. The van der Waals surface area contributed by atoms with Crippen LogP contribution in [0.4, 0.5) is 4.79 Å². The van der Waals surface area contributed by atoms with Crippen molar-refractivity contribution in [1.29, 1.82) is 0 Å². The summed E-state index contributed by atoms with van der Waals surface area (Å²) in [4.78, 5) is 24.1. The van der Waals surface area contributed by atoms with Crippen molar-refractivity contribution in [3.63, 3.8) is 0 Å². The average Bonchev–Trinajstić information content (AvgIpc) is 3.15. The van der Waals surface area contributed by atoms with E-state index in [0.717, 1.165) is 0 Å². The molecule has 0 spiro atoms. The maximum Gasteiger partial charge on any atom is 0.428 e. The molecule has 0 aliphatic carbocycles. The smallest absolute Gasteiger partial charge is 0.428 e. The number of rotatable bonds is 5. The molecule has 1 aliphatic heterocycles. The van der Waals surface area contributed by atoms with Crippen LogP contribution < -0.4 is 24.4 Å². The zero-order valence-corrected chi connectivity index (χ0v) is 17.1. The molecule has 1 heterocycles. The second-order valence-electron chi connectivity index (χ2n) is 7.24. The summed E-state index contributed by atoms with van der Waals surface area (Å²) in [5.74, 6) is 1.05. The molecule has 0 bridgehead atoms. The fourth-order valence-electron chi connectivity index (χ4n) is 2.49. The van der Waals surface area contributed by atoms with E-state index in [4.69, 9.17) is 23.7 Å². The van der Waals surface area contributed by atoms with Crippen LogP contribution in [0.25, 0.3) is 0 Å². The summed E-state index contributed by atoms with van der Waals surface area (Å²) in [5, 5.41) is 3.83. The van der Waals surface area contributed by atoms with Crippen LogP contribution in [0.15, 0.2) is 41.5 Å². The van der Waals surface area contributed by atoms with Gasteiger partial charge in [0.15, 0.2) is 23.0 Å². The first kappa shape index (κ1) is 21.0. The molecule has 3 rings (SSSR count). The van der Waals surface area contributed by atoms with Crippen LogP contribution in [0, 0.1) is 0 Å². The van der Waals surface area contributed by atoms with Gasteiger partial charge in [-0.25, -0.2) is 15.0 Å². The lowest BCUT2D eigenvalue weighted by Crippen LogP contribution is -2.29. The van der Waals surface area contributed by atoms with Gasteiger partial charge in [0.2, 0.25) is 6.79 Å². The van der Waals surface area contributed by atoms with Gasteiger partial charge in [-0.3, -0.25) is 0 Å². The molecule has 2 aromatic rings. The van der Waals surface area contributed by atoms with Crippen LogP contribution in [0.5, 0.6) is 23.0 Å². The van der Waals surface area contributed by atoms with Crippen molar-refractivity contribution >= 4 is 18.3 Å². The van der Waals surface area contributed by atoms with E-state index in [1.165, 1.54) is 13.3 Å². The number of carbonyl (C=O) groups excluding carboxylic acids is 2. The number of hydrogen-bond acceptors (Lipinski definition) is 8. The number of nitrogens with one attached hydrogen (secondary N) is 1. The zero-order valence-electron chi connectivity index (χ0n) is 17.1. The van der Waals surface area contributed by atoms with Crippen LogP contribution >= 0.6 is 0 Å². The third-order valence-corrected chi connectivity index (χ3v) is 3.77. The van der Waals surface area contributed by atoms with Crippen LogP contribution in [0.2, 0.25) is 0 Å². The Bertz CT molecular complexity index is 980. The summed E-state index contributed by atoms with van der Waals surface area (Å²) in [7, 11) is 1.45. The molecule has 158 valence electrons. The largest absolute Gasteiger partial charge is 0.493 e. The van der Waals surface area contributed by atoms with E-state index in [1.54, 1.807) is 57.2 Å². The molecule has 0 fully saturated rings. The van der Waals surface area contributed by atoms with Crippen molar-refractivity contribution in [2.24, 2.45) is 5.10 Å². The van der Waals surface area contributed by atoms with Gasteiger partial charge < -0.3 is 23.7 Å². The predicted molar refractivity (Wildman–Crippen MR) is 107 cm³/mol. The van der Waals surface area contributed by atoms with E-state index in [9.17, 15) is 9.59 Å². The molecule has 1 amide bonds. The topological polar surface area (TPSA) is 105 Å². The Morgan fingerprint density at radius 3 is 2.57 bits per heavy atom. The van der Waals surface area contributed by atoms with Crippen molar-refractivity contribution in [2.45, 2.75) is 26.4 Å². The molecule has 9 heteroatoms. The number of esters is 1. The van der Waals surface area contributed by atoms with Gasteiger partial charge >= 0.3 is 12.1 Å².